The minimum absolute atomic E-state index is 0.534. The summed E-state index contributed by atoms with van der Waals surface area (Å²) in [7, 11) is 0. The number of hydrogen-bond donors (Lipinski definition) is 0. The maximum Gasteiger partial charge on any atom is 0.0233 e. The fourth-order valence-corrected chi connectivity index (χ4v) is 5.32. The first-order chi connectivity index (χ1) is 12.1. The maximum absolute atomic E-state index is 2.74. The molecule has 1 aromatic carbocycles. The molecule has 0 bridgehead atoms. The van der Waals surface area contributed by atoms with Crippen molar-refractivity contribution < 1.29 is 0 Å². The van der Waals surface area contributed by atoms with Crippen LogP contribution in [0.4, 0.5) is 0 Å². The van der Waals surface area contributed by atoms with Crippen molar-refractivity contribution in [1.29, 1.82) is 0 Å². The average Bonchev–Trinajstić information content (AvgIpc) is 3.04. The summed E-state index contributed by atoms with van der Waals surface area (Å²) in [5.74, 6) is 1.76. The molecule has 2 saturated heterocycles. The van der Waals surface area contributed by atoms with Gasteiger partial charge < -0.3 is 4.90 Å². The van der Waals surface area contributed by atoms with Crippen molar-refractivity contribution >= 4 is 0 Å². The molecule has 3 aliphatic rings. The molecule has 0 aromatic heterocycles. The topological polar surface area (TPSA) is 6.48 Å². The molecular weight excluding hydrogens is 304 g/mol. The van der Waals surface area contributed by atoms with Gasteiger partial charge in [0.25, 0.3) is 0 Å². The normalized spacial score (nSPS) is 30.3. The quantitative estimate of drug-likeness (QED) is 0.752. The lowest BCUT2D eigenvalue weighted by atomic mass is 9.70. The zero-order valence-electron chi connectivity index (χ0n) is 16.3. The van der Waals surface area contributed by atoms with E-state index in [2.05, 4.69) is 47.9 Å². The lowest BCUT2D eigenvalue weighted by molar-refractivity contribution is 0.0788. The van der Waals surface area contributed by atoms with E-state index in [0.29, 0.717) is 5.41 Å². The van der Waals surface area contributed by atoms with Crippen LogP contribution in [-0.2, 0) is 6.54 Å². The molecule has 1 saturated carbocycles. The van der Waals surface area contributed by atoms with E-state index in [0.717, 1.165) is 18.4 Å². The van der Waals surface area contributed by atoms with Crippen LogP contribution in [0.1, 0.15) is 69.4 Å². The molecule has 1 aliphatic carbocycles. The van der Waals surface area contributed by atoms with Gasteiger partial charge in [0.05, 0.1) is 0 Å². The Bertz CT molecular complexity index is 550. The maximum atomic E-state index is 2.74. The molecule has 0 radical (unpaired) electrons. The molecule has 0 amide bonds. The van der Waals surface area contributed by atoms with E-state index >= 15 is 0 Å². The molecule has 0 spiro atoms. The van der Waals surface area contributed by atoms with Crippen molar-refractivity contribution in [2.24, 2.45) is 11.3 Å². The molecule has 1 aromatic rings. The lowest BCUT2D eigenvalue weighted by Crippen LogP contribution is -2.44. The predicted octanol–water partition coefficient (Wildman–Crippen LogP) is 4.90. The summed E-state index contributed by atoms with van der Waals surface area (Å²) in [4.78, 5) is 5.33. The van der Waals surface area contributed by atoms with E-state index in [4.69, 9.17) is 0 Å². The zero-order valence-corrected chi connectivity index (χ0v) is 16.3. The number of nitrogens with zero attached hydrogens (tertiary/aromatic N) is 2. The highest BCUT2D eigenvalue weighted by Crippen LogP contribution is 2.42. The van der Waals surface area contributed by atoms with Gasteiger partial charge in [0.1, 0.15) is 0 Å². The van der Waals surface area contributed by atoms with Crippen LogP contribution in [-0.4, -0.2) is 42.5 Å². The van der Waals surface area contributed by atoms with Crippen molar-refractivity contribution in [2.45, 2.75) is 64.8 Å². The number of piperidine rings is 1. The third-order valence-electron chi connectivity index (χ3n) is 6.79. The first-order valence-corrected chi connectivity index (χ1v) is 10.6. The van der Waals surface area contributed by atoms with Crippen LogP contribution in [0.5, 0.6) is 0 Å². The minimum atomic E-state index is 0.534. The molecule has 2 aliphatic heterocycles. The second kappa shape index (κ2) is 7.40. The Morgan fingerprint density at radius 3 is 2.28 bits per heavy atom. The Balaban J connectivity index is 1.23. The second-order valence-electron chi connectivity index (χ2n) is 9.76. The highest BCUT2D eigenvalue weighted by Gasteiger charge is 2.34. The molecule has 25 heavy (non-hydrogen) atoms. The standard InChI is InChI=1S/C23H36N2/c1-23(2)10-5-13-25(18-23)17-20-14-22(15-20)21-8-6-19(7-9-21)16-24-11-3-4-12-24/h6-9,20,22H,3-5,10-18H2,1-2H3. The SMILES string of the molecule is CC1(C)CCCN(CC2CC(c3ccc(CN4CCCC4)cc3)C2)C1. The van der Waals surface area contributed by atoms with E-state index in [-0.39, 0.29) is 0 Å². The van der Waals surface area contributed by atoms with Crippen LogP contribution >= 0.6 is 0 Å². The smallest absolute Gasteiger partial charge is 0.0233 e. The molecule has 0 atom stereocenters. The minimum Gasteiger partial charge on any atom is -0.303 e. The van der Waals surface area contributed by atoms with E-state index in [1.807, 2.05) is 0 Å². The van der Waals surface area contributed by atoms with Gasteiger partial charge in [-0.1, -0.05) is 38.1 Å². The molecule has 0 N–H and O–H groups in total. The van der Waals surface area contributed by atoms with Gasteiger partial charge >= 0.3 is 0 Å². The van der Waals surface area contributed by atoms with E-state index in [1.165, 1.54) is 76.8 Å². The summed E-state index contributed by atoms with van der Waals surface area (Å²) in [5, 5.41) is 0. The van der Waals surface area contributed by atoms with Crippen molar-refractivity contribution in [2.75, 3.05) is 32.7 Å². The van der Waals surface area contributed by atoms with Crippen LogP contribution in [0.15, 0.2) is 24.3 Å². The van der Waals surface area contributed by atoms with Crippen molar-refractivity contribution in [3.05, 3.63) is 35.4 Å². The first-order valence-electron chi connectivity index (χ1n) is 10.6. The van der Waals surface area contributed by atoms with Crippen LogP contribution in [0, 0.1) is 11.3 Å². The van der Waals surface area contributed by atoms with Crippen molar-refractivity contribution in [3.8, 4) is 0 Å². The Hall–Kier alpha value is -0.860. The highest BCUT2D eigenvalue weighted by atomic mass is 15.1. The Kier molecular flexibility index (Phi) is 5.20. The molecule has 3 fully saturated rings. The Labute approximate surface area is 154 Å². The Morgan fingerprint density at radius 1 is 0.920 bits per heavy atom. The summed E-state index contributed by atoms with van der Waals surface area (Å²) < 4.78 is 0. The zero-order chi connectivity index (χ0) is 17.3. The number of rotatable bonds is 5. The van der Waals surface area contributed by atoms with Gasteiger partial charge in [-0.15, -0.1) is 0 Å². The summed E-state index contributed by atoms with van der Waals surface area (Å²) in [6.45, 7) is 12.6. The molecular formula is C23H36N2. The fourth-order valence-electron chi connectivity index (χ4n) is 5.32. The van der Waals surface area contributed by atoms with Crippen molar-refractivity contribution in [3.63, 3.8) is 0 Å². The van der Waals surface area contributed by atoms with Gasteiger partial charge in [0.15, 0.2) is 0 Å². The van der Waals surface area contributed by atoms with Gasteiger partial charge in [-0.25, -0.2) is 0 Å². The lowest BCUT2D eigenvalue weighted by Gasteiger charge is -2.43. The third kappa shape index (κ3) is 4.46. The number of hydrogen-bond acceptors (Lipinski definition) is 2. The van der Waals surface area contributed by atoms with E-state index in [1.54, 1.807) is 5.56 Å². The van der Waals surface area contributed by atoms with Crippen LogP contribution in [0.3, 0.4) is 0 Å². The molecule has 0 unspecified atom stereocenters. The van der Waals surface area contributed by atoms with Crippen molar-refractivity contribution in [1.82, 2.24) is 9.80 Å². The van der Waals surface area contributed by atoms with Crippen LogP contribution in [0.2, 0.25) is 0 Å². The van der Waals surface area contributed by atoms with Crippen LogP contribution < -0.4 is 0 Å². The molecule has 4 rings (SSSR count). The summed E-state index contributed by atoms with van der Waals surface area (Å²) in [6, 6.07) is 9.59. The Morgan fingerprint density at radius 2 is 1.60 bits per heavy atom. The first kappa shape index (κ1) is 17.5. The monoisotopic (exact) mass is 340 g/mol. The fraction of sp³-hybridized carbons (Fsp3) is 0.739. The average molecular weight is 341 g/mol. The molecule has 2 heterocycles. The number of benzene rings is 1. The van der Waals surface area contributed by atoms with Crippen LogP contribution in [0.25, 0.3) is 0 Å². The largest absolute Gasteiger partial charge is 0.303 e. The van der Waals surface area contributed by atoms with E-state index < -0.39 is 0 Å². The van der Waals surface area contributed by atoms with Gasteiger partial charge in [0.2, 0.25) is 0 Å². The van der Waals surface area contributed by atoms with Gasteiger partial charge in [-0.3, -0.25) is 4.90 Å². The summed E-state index contributed by atoms with van der Waals surface area (Å²) in [6.07, 6.45) is 8.37. The number of likely N-dealkylation sites (tertiary alicyclic amines) is 2. The molecule has 138 valence electrons. The van der Waals surface area contributed by atoms with Gasteiger partial charge in [0, 0.05) is 19.6 Å². The van der Waals surface area contributed by atoms with Gasteiger partial charge in [-0.05, 0) is 86.5 Å². The highest BCUT2D eigenvalue weighted by molar-refractivity contribution is 5.27. The second-order valence-corrected chi connectivity index (χ2v) is 9.76. The van der Waals surface area contributed by atoms with Gasteiger partial charge in [-0.2, -0.15) is 0 Å². The summed E-state index contributed by atoms with van der Waals surface area (Å²) >= 11 is 0. The molecule has 2 nitrogen and oxygen atoms in total. The van der Waals surface area contributed by atoms with E-state index in [9.17, 15) is 0 Å². The molecule has 2 heteroatoms. The summed E-state index contributed by atoms with van der Waals surface area (Å²) in [5.41, 5.74) is 3.62. The predicted molar refractivity (Wildman–Crippen MR) is 106 cm³/mol. The third-order valence-corrected chi connectivity index (χ3v) is 6.79.